The average Bonchev–Trinajstić information content (AvgIpc) is 2.47. The van der Waals surface area contributed by atoms with Crippen molar-refractivity contribution < 1.29 is 19.1 Å². The van der Waals surface area contributed by atoms with Gasteiger partial charge in [-0.2, -0.15) is 0 Å². The zero-order valence-corrected chi connectivity index (χ0v) is 12.5. The molecule has 0 spiro atoms. The zero-order chi connectivity index (χ0) is 14.8. The second kappa shape index (κ2) is 9.72. The summed E-state index contributed by atoms with van der Waals surface area (Å²) in [5, 5.41) is 3.28. The molecule has 0 saturated carbocycles. The number of esters is 1. The monoisotopic (exact) mass is 286 g/mol. The molecule has 6 nitrogen and oxygen atoms in total. The number of carbonyl (C=O) groups excluding carboxylic acids is 2. The van der Waals surface area contributed by atoms with Crippen LogP contribution in [-0.2, 0) is 19.1 Å². The van der Waals surface area contributed by atoms with Gasteiger partial charge in [-0.05, 0) is 32.4 Å². The maximum Gasteiger partial charge on any atom is 0.305 e. The van der Waals surface area contributed by atoms with Gasteiger partial charge in [0.05, 0.1) is 26.2 Å². The molecule has 1 aliphatic rings. The summed E-state index contributed by atoms with van der Waals surface area (Å²) < 4.78 is 10.3. The molecule has 0 bridgehead atoms. The Bertz CT molecular complexity index is 304. The quantitative estimate of drug-likeness (QED) is 0.660. The minimum absolute atomic E-state index is 0.0591. The van der Waals surface area contributed by atoms with Crippen molar-refractivity contribution in [2.24, 2.45) is 0 Å². The van der Waals surface area contributed by atoms with Gasteiger partial charge in [-0.3, -0.25) is 9.59 Å². The van der Waals surface area contributed by atoms with Gasteiger partial charge in [0.2, 0.25) is 5.91 Å². The van der Waals surface area contributed by atoms with E-state index >= 15 is 0 Å². The maximum absolute atomic E-state index is 11.8. The molecule has 0 aromatic rings. The van der Waals surface area contributed by atoms with E-state index in [0.717, 1.165) is 25.9 Å². The Morgan fingerprint density at radius 1 is 1.25 bits per heavy atom. The van der Waals surface area contributed by atoms with Gasteiger partial charge in [0.25, 0.3) is 0 Å². The van der Waals surface area contributed by atoms with Crippen molar-refractivity contribution in [1.29, 1.82) is 0 Å². The van der Waals surface area contributed by atoms with E-state index in [1.165, 1.54) is 7.11 Å². The van der Waals surface area contributed by atoms with Crippen LogP contribution in [0.15, 0.2) is 0 Å². The van der Waals surface area contributed by atoms with Gasteiger partial charge in [-0.1, -0.05) is 0 Å². The number of amides is 1. The third-order valence-electron chi connectivity index (χ3n) is 3.48. The molecule has 0 unspecified atom stereocenters. The lowest BCUT2D eigenvalue weighted by atomic mass is 10.1. The lowest BCUT2D eigenvalue weighted by Crippen LogP contribution is -2.34. The van der Waals surface area contributed by atoms with Gasteiger partial charge in [-0.15, -0.1) is 0 Å². The molecule has 0 aliphatic carbocycles. The number of rotatable bonds is 8. The summed E-state index contributed by atoms with van der Waals surface area (Å²) in [7, 11) is 3.12. The molecule has 1 saturated heterocycles. The number of nitrogens with zero attached hydrogens (tertiary/aromatic N) is 1. The summed E-state index contributed by atoms with van der Waals surface area (Å²) in [6.07, 6.45) is 3.70. The third-order valence-corrected chi connectivity index (χ3v) is 3.48. The van der Waals surface area contributed by atoms with E-state index in [4.69, 9.17) is 4.74 Å². The molecule has 20 heavy (non-hydrogen) atoms. The highest BCUT2D eigenvalue weighted by molar-refractivity contribution is 5.76. The van der Waals surface area contributed by atoms with Crippen molar-refractivity contribution >= 4 is 11.9 Å². The standard InChI is InChI=1S/C14H26N2O4/c1-16(10-3-4-14(18)19-2)13(17)7-11-20-12-5-8-15-9-6-12/h12,15H,3-11H2,1-2H3. The number of hydrogen-bond donors (Lipinski definition) is 1. The molecule has 1 fully saturated rings. The first kappa shape index (κ1) is 16.9. The molecule has 0 atom stereocenters. The summed E-state index contributed by atoms with van der Waals surface area (Å²) in [4.78, 5) is 24.5. The van der Waals surface area contributed by atoms with Crippen LogP contribution in [0.5, 0.6) is 0 Å². The van der Waals surface area contributed by atoms with Gasteiger partial charge in [0.15, 0.2) is 0 Å². The zero-order valence-electron chi connectivity index (χ0n) is 12.5. The van der Waals surface area contributed by atoms with E-state index in [1.807, 2.05) is 0 Å². The van der Waals surface area contributed by atoms with Crippen LogP contribution in [0.2, 0.25) is 0 Å². The molecule has 1 amide bonds. The smallest absolute Gasteiger partial charge is 0.305 e. The minimum atomic E-state index is -0.236. The third kappa shape index (κ3) is 6.86. The summed E-state index contributed by atoms with van der Waals surface area (Å²) >= 11 is 0. The second-order valence-electron chi connectivity index (χ2n) is 5.07. The van der Waals surface area contributed by atoms with E-state index in [0.29, 0.717) is 32.4 Å². The van der Waals surface area contributed by atoms with Gasteiger partial charge in [-0.25, -0.2) is 0 Å². The summed E-state index contributed by atoms with van der Waals surface area (Å²) in [6.45, 7) is 3.03. The van der Waals surface area contributed by atoms with E-state index in [9.17, 15) is 9.59 Å². The van der Waals surface area contributed by atoms with Crippen LogP contribution in [0.3, 0.4) is 0 Å². The van der Waals surface area contributed by atoms with Gasteiger partial charge < -0.3 is 19.7 Å². The van der Waals surface area contributed by atoms with Crippen molar-refractivity contribution in [3.05, 3.63) is 0 Å². The first-order valence-electron chi connectivity index (χ1n) is 7.26. The maximum atomic E-state index is 11.8. The van der Waals surface area contributed by atoms with Crippen LogP contribution in [0.25, 0.3) is 0 Å². The number of nitrogens with one attached hydrogen (secondary N) is 1. The Balaban J connectivity index is 2.06. The van der Waals surface area contributed by atoms with Gasteiger partial charge in [0.1, 0.15) is 0 Å². The number of hydrogen-bond acceptors (Lipinski definition) is 5. The second-order valence-corrected chi connectivity index (χ2v) is 5.07. The fraction of sp³-hybridized carbons (Fsp3) is 0.857. The Morgan fingerprint density at radius 3 is 2.60 bits per heavy atom. The summed E-state index contributed by atoms with van der Waals surface area (Å²) in [6, 6.07) is 0. The van der Waals surface area contributed by atoms with E-state index in [-0.39, 0.29) is 18.0 Å². The Labute approximate surface area is 120 Å². The van der Waals surface area contributed by atoms with Gasteiger partial charge in [0, 0.05) is 20.0 Å². The van der Waals surface area contributed by atoms with Crippen LogP contribution in [0.4, 0.5) is 0 Å². The van der Waals surface area contributed by atoms with Gasteiger partial charge >= 0.3 is 5.97 Å². The molecule has 1 N–H and O–H groups in total. The highest BCUT2D eigenvalue weighted by Crippen LogP contribution is 2.08. The predicted octanol–water partition coefficient (Wildman–Crippen LogP) is 0.557. The largest absolute Gasteiger partial charge is 0.469 e. The first-order valence-corrected chi connectivity index (χ1v) is 7.26. The van der Waals surface area contributed by atoms with E-state index in [2.05, 4.69) is 10.1 Å². The Morgan fingerprint density at radius 2 is 1.95 bits per heavy atom. The first-order chi connectivity index (χ1) is 9.63. The van der Waals surface area contributed by atoms with Crippen LogP contribution >= 0.6 is 0 Å². The van der Waals surface area contributed by atoms with Crippen LogP contribution < -0.4 is 5.32 Å². The van der Waals surface area contributed by atoms with Crippen LogP contribution in [-0.4, -0.2) is 63.3 Å². The van der Waals surface area contributed by atoms with Crippen LogP contribution in [0.1, 0.15) is 32.1 Å². The molecular weight excluding hydrogens is 260 g/mol. The van der Waals surface area contributed by atoms with Crippen molar-refractivity contribution in [1.82, 2.24) is 10.2 Å². The number of carbonyl (C=O) groups is 2. The highest BCUT2D eigenvalue weighted by Gasteiger charge is 2.15. The normalized spacial score (nSPS) is 15.9. The fourth-order valence-electron chi connectivity index (χ4n) is 2.15. The Kier molecular flexibility index (Phi) is 8.22. The average molecular weight is 286 g/mol. The molecule has 0 radical (unpaired) electrons. The number of piperidine rings is 1. The molecule has 1 aliphatic heterocycles. The molecule has 0 aromatic heterocycles. The highest BCUT2D eigenvalue weighted by atomic mass is 16.5. The number of ether oxygens (including phenoxy) is 2. The molecule has 0 aromatic carbocycles. The van der Waals surface area contributed by atoms with Crippen molar-refractivity contribution in [2.75, 3.05) is 40.4 Å². The lowest BCUT2D eigenvalue weighted by Gasteiger charge is -2.23. The fourth-order valence-corrected chi connectivity index (χ4v) is 2.15. The van der Waals surface area contributed by atoms with Crippen molar-refractivity contribution in [3.63, 3.8) is 0 Å². The topological polar surface area (TPSA) is 67.9 Å². The van der Waals surface area contributed by atoms with E-state index < -0.39 is 0 Å². The minimum Gasteiger partial charge on any atom is -0.469 e. The summed E-state index contributed by atoms with van der Waals surface area (Å²) in [5.41, 5.74) is 0. The lowest BCUT2D eigenvalue weighted by molar-refractivity contribution is -0.141. The SMILES string of the molecule is COC(=O)CCCN(C)C(=O)CCOC1CCNCC1. The van der Waals surface area contributed by atoms with Crippen molar-refractivity contribution in [2.45, 2.75) is 38.2 Å². The Hall–Kier alpha value is -1.14. The molecular formula is C14H26N2O4. The van der Waals surface area contributed by atoms with Crippen molar-refractivity contribution in [3.8, 4) is 0 Å². The van der Waals surface area contributed by atoms with Crippen LogP contribution in [0, 0.1) is 0 Å². The predicted molar refractivity (Wildman–Crippen MR) is 75.3 cm³/mol. The van der Waals surface area contributed by atoms with E-state index in [1.54, 1.807) is 11.9 Å². The molecule has 6 heteroatoms. The molecule has 1 rings (SSSR count). The molecule has 116 valence electrons. The number of methoxy groups -OCH3 is 1. The summed E-state index contributed by atoms with van der Waals surface area (Å²) in [5.74, 6) is -0.177. The molecule has 1 heterocycles.